The van der Waals surface area contributed by atoms with Crippen LogP contribution in [-0.2, 0) is 23.8 Å². The third-order valence-corrected chi connectivity index (χ3v) is 3.01. The van der Waals surface area contributed by atoms with Crippen molar-refractivity contribution in [1.82, 2.24) is 0 Å². The molecule has 1 aliphatic carbocycles. The summed E-state index contributed by atoms with van der Waals surface area (Å²) in [5.41, 5.74) is 0. The molecule has 1 rings (SSSR count). The SMILES string of the molecule is O=C(O)CCC(=O)OC1CCC(OC(=O)OCCl)CC1. The Kier molecular flexibility index (Phi) is 7.14. The molecule has 0 aromatic carbocycles. The lowest BCUT2D eigenvalue weighted by molar-refractivity contribution is -0.154. The van der Waals surface area contributed by atoms with Gasteiger partial charge in [-0.3, -0.25) is 9.59 Å². The first-order valence-electron chi connectivity index (χ1n) is 6.32. The van der Waals surface area contributed by atoms with Crippen molar-refractivity contribution in [1.29, 1.82) is 0 Å². The minimum absolute atomic E-state index is 0.131. The predicted octanol–water partition coefficient (Wildman–Crippen LogP) is 2.06. The molecule has 114 valence electrons. The van der Waals surface area contributed by atoms with Crippen LogP contribution >= 0.6 is 11.6 Å². The topological polar surface area (TPSA) is 99.1 Å². The van der Waals surface area contributed by atoms with Crippen LogP contribution in [0.4, 0.5) is 4.79 Å². The van der Waals surface area contributed by atoms with Crippen molar-refractivity contribution in [2.45, 2.75) is 50.7 Å². The van der Waals surface area contributed by atoms with E-state index in [2.05, 4.69) is 4.74 Å². The molecular weight excluding hydrogens is 292 g/mol. The minimum atomic E-state index is -1.03. The highest BCUT2D eigenvalue weighted by atomic mass is 35.5. The van der Waals surface area contributed by atoms with E-state index < -0.39 is 18.1 Å². The van der Waals surface area contributed by atoms with Gasteiger partial charge in [0.15, 0.2) is 6.07 Å². The molecule has 1 fully saturated rings. The highest BCUT2D eigenvalue weighted by Gasteiger charge is 2.26. The molecule has 0 radical (unpaired) electrons. The molecular formula is C12H17ClO7. The molecule has 1 N–H and O–H groups in total. The number of carboxylic acid groups (broad SMARTS) is 1. The lowest BCUT2D eigenvalue weighted by Gasteiger charge is -2.27. The molecule has 1 saturated carbocycles. The van der Waals surface area contributed by atoms with Gasteiger partial charge in [-0.05, 0) is 25.7 Å². The van der Waals surface area contributed by atoms with Gasteiger partial charge in [0.1, 0.15) is 12.2 Å². The quantitative estimate of drug-likeness (QED) is 0.592. The summed E-state index contributed by atoms with van der Waals surface area (Å²) in [5.74, 6) is -1.55. The highest BCUT2D eigenvalue weighted by Crippen LogP contribution is 2.24. The van der Waals surface area contributed by atoms with Gasteiger partial charge in [0, 0.05) is 0 Å². The number of halogens is 1. The Morgan fingerprint density at radius 2 is 1.55 bits per heavy atom. The van der Waals surface area contributed by atoms with E-state index in [4.69, 9.17) is 26.2 Å². The molecule has 0 heterocycles. The molecule has 1 aliphatic rings. The maximum Gasteiger partial charge on any atom is 0.509 e. The number of esters is 1. The summed E-state index contributed by atoms with van der Waals surface area (Å²) in [6.45, 7) is 0. The van der Waals surface area contributed by atoms with Gasteiger partial charge in [-0.25, -0.2) is 4.79 Å². The molecule has 0 atom stereocenters. The second-order valence-electron chi connectivity index (χ2n) is 4.40. The first-order chi connectivity index (χ1) is 9.51. The molecule has 0 aromatic rings. The number of aliphatic carboxylic acids is 1. The zero-order valence-corrected chi connectivity index (χ0v) is 11.6. The molecule has 0 unspecified atom stereocenters. The fourth-order valence-corrected chi connectivity index (χ4v) is 2.03. The van der Waals surface area contributed by atoms with E-state index in [1.165, 1.54) is 0 Å². The van der Waals surface area contributed by atoms with Crippen LogP contribution in [0, 0.1) is 0 Å². The summed E-state index contributed by atoms with van der Waals surface area (Å²) >= 11 is 5.22. The maximum absolute atomic E-state index is 11.4. The van der Waals surface area contributed by atoms with Gasteiger partial charge in [-0.1, -0.05) is 11.6 Å². The van der Waals surface area contributed by atoms with Crippen molar-refractivity contribution in [3.63, 3.8) is 0 Å². The zero-order chi connectivity index (χ0) is 15.0. The normalized spacial score (nSPS) is 21.9. The zero-order valence-electron chi connectivity index (χ0n) is 10.9. The van der Waals surface area contributed by atoms with Crippen LogP contribution in [0.5, 0.6) is 0 Å². The maximum atomic E-state index is 11.4. The third-order valence-electron chi connectivity index (χ3n) is 2.90. The summed E-state index contributed by atoms with van der Waals surface area (Å²) in [6, 6.07) is -0.255. The van der Waals surface area contributed by atoms with Crippen molar-refractivity contribution >= 4 is 29.7 Å². The Bertz CT molecular complexity index is 350. The van der Waals surface area contributed by atoms with E-state index in [-0.39, 0.29) is 31.1 Å². The first-order valence-corrected chi connectivity index (χ1v) is 6.85. The van der Waals surface area contributed by atoms with Crippen molar-refractivity contribution in [3.8, 4) is 0 Å². The molecule has 0 amide bonds. The van der Waals surface area contributed by atoms with Crippen LogP contribution in [0.2, 0.25) is 0 Å². The van der Waals surface area contributed by atoms with Gasteiger partial charge >= 0.3 is 18.1 Å². The number of ether oxygens (including phenoxy) is 3. The van der Waals surface area contributed by atoms with Crippen LogP contribution in [0.1, 0.15) is 38.5 Å². The average Bonchev–Trinajstić information content (AvgIpc) is 2.39. The smallest absolute Gasteiger partial charge is 0.481 e. The molecule has 0 bridgehead atoms. The standard InChI is InChI=1S/C12H17ClO7/c13-7-18-12(17)20-9-3-1-8(2-4-9)19-11(16)6-5-10(14)15/h8-9H,1-7H2,(H,14,15). The van der Waals surface area contributed by atoms with Gasteiger partial charge in [-0.2, -0.15) is 0 Å². The summed E-state index contributed by atoms with van der Waals surface area (Å²) in [5, 5.41) is 8.45. The van der Waals surface area contributed by atoms with E-state index >= 15 is 0 Å². The van der Waals surface area contributed by atoms with Gasteiger partial charge in [-0.15, -0.1) is 0 Å². The van der Waals surface area contributed by atoms with Crippen LogP contribution in [0.15, 0.2) is 0 Å². The molecule has 8 heteroatoms. The lowest BCUT2D eigenvalue weighted by Crippen LogP contribution is -2.30. The summed E-state index contributed by atoms with van der Waals surface area (Å²) < 4.78 is 14.6. The number of hydrogen-bond donors (Lipinski definition) is 1. The van der Waals surface area contributed by atoms with Crippen molar-refractivity contribution < 1.29 is 33.7 Å². The lowest BCUT2D eigenvalue weighted by atomic mass is 9.95. The Balaban J connectivity index is 2.20. The molecule has 0 aliphatic heterocycles. The predicted molar refractivity (Wildman–Crippen MR) is 67.3 cm³/mol. The Morgan fingerprint density at radius 1 is 1.00 bits per heavy atom. The van der Waals surface area contributed by atoms with Crippen LogP contribution < -0.4 is 0 Å². The summed E-state index contributed by atoms with van der Waals surface area (Å²) in [6.07, 6.45) is 0.578. The van der Waals surface area contributed by atoms with Gasteiger partial charge in [0.05, 0.1) is 12.8 Å². The average molecular weight is 309 g/mol. The minimum Gasteiger partial charge on any atom is -0.481 e. The summed E-state index contributed by atoms with van der Waals surface area (Å²) in [4.78, 5) is 32.7. The van der Waals surface area contributed by atoms with Crippen molar-refractivity contribution in [2.24, 2.45) is 0 Å². The largest absolute Gasteiger partial charge is 0.509 e. The van der Waals surface area contributed by atoms with Gasteiger partial charge in [0.2, 0.25) is 0 Å². The first kappa shape index (κ1) is 16.6. The fourth-order valence-electron chi connectivity index (χ4n) is 1.94. The Morgan fingerprint density at radius 3 is 2.05 bits per heavy atom. The highest BCUT2D eigenvalue weighted by molar-refractivity contribution is 6.17. The Hall–Kier alpha value is -1.50. The van der Waals surface area contributed by atoms with Gasteiger partial charge in [0.25, 0.3) is 0 Å². The second-order valence-corrected chi connectivity index (χ2v) is 4.62. The monoisotopic (exact) mass is 308 g/mol. The number of alkyl halides is 1. The van der Waals surface area contributed by atoms with Crippen LogP contribution in [0.25, 0.3) is 0 Å². The number of rotatable bonds is 6. The van der Waals surface area contributed by atoms with E-state index in [1.807, 2.05) is 0 Å². The number of carbonyl (C=O) groups is 3. The molecule has 7 nitrogen and oxygen atoms in total. The van der Waals surface area contributed by atoms with E-state index in [0.717, 1.165) is 0 Å². The van der Waals surface area contributed by atoms with Crippen molar-refractivity contribution in [2.75, 3.05) is 6.07 Å². The second kappa shape index (κ2) is 8.63. The van der Waals surface area contributed by atoms with E-state index in [1.54, 1.807) is 0 Å². The number of hydrogen-bond acceptors (Lipinski definition) is 6. The Labute approximate surface area is 121 Å². The molecule has 0 spiro atoms. The molecule has 20 heavy (non-hydrogen) atoms. The van der Waals surface area contributed by atoms with Crippen LogP contribution in [0.3, 0.4) is 0 Å². The molecule has 0 saturated heterocycles. The number of carboxylic acids is 1. The van der Waals surface area contributed by atoms with Crippen molar-refractivity contribution in [3.05, 3.63) is 0 Å². The van der Waals surface area contributed by atoms with Crippen LogP contribution in [-0.4, -0.2) is 41.5 Å². The number of carbonyl (C=O) groups excluding carboxylic acids is 2. The fraction of sp³-hybridized carbons (Fsp3) is 0.750. The summed E-state index contributed by atoms with van der Waals surface area (Å²) in [7, 11) is 0. The third kappa shape index (κ3) is 6.60. The van der Waals surface area contributed by atoms with E-state index in [9.17, 15) is 14.4 Å². The van der Waals surface area contributed by atoms with E-state index in [0.29, 0.717) is 25.7 Å². The molecule has 0 aromatic heterocycles. The van der Waals surface area contributed by atoms with Gasteiger partial charge < -0.3 is 19.3 Å².